The number of aromatic nitrogens is 1. The van der Waals surface area contributed by atoms with E-state index >= 15 is 0 Å². The Kier molecular flexibility index (Phi) is 2.68. The van der Waals surface area contributed by atoms with E-state index in [1.807, 2.05) is 16.9 Å². The molecule has 1 heterocycles. The first kappa shape index (κ1) is 10.8. The van der Waals surface area contributed by atoms with Crippen LogP contribution in [0.25, 0.3) is 0 Å². The average Bonchev–Trinajstić information content (AvgIpc) is 2.82. The number of aryl methyl sites for hydroxylation is 1. The summed E-state index contributed by atoms with van der Waals surface area (Å²) in [6, 6.07) is 0. The van der Waals surface area contributed by atoms with Crippen LogP contribution in [-0.2, 0) is 6.54 Å². The van der Waals surface area contributed by atoms with E-state index in [0.717, 1.165) is 31.5 Å². The second kappa shape index (κ2) is 3.72. The van der Waals surface area contributed by atoms with Crippen molar-refractivity contribution in [3.05, 3.63) is 20.7 Å². The third-order valence-corrected chi connectivity index (χ3v) is 4.00. The Bertz CT molecular complexity index is 443. The van der Waals surface area contributed by atoms with E-state index < -0.39 is 0 Å². The van der Waals surface area contributed by atoms with Crippen LogP contribution in [0.2, 0.25) is 0 Å². The number of nitrogens with zero attached hydrogens (tertiary/aromatic N) is 1. The van der Waals surface area contributed by atoms with Gasteiger partial charge in [0.1, 0.15) is 0 Å². The van der Waals surface area contributed by atoms with E-state index in [4.69, 9.17) is 18.0 Å². The third-order valence-electron chi connectivity index (χ3n) is 2.98. The van der Waals surface area contributed by atoms with Gasteiger partial charge >= 0.3 is 4.87 Å². The molecule has 82 valence electrons. The molecule has 1 aromatic heterocycles. The predicted molar refractivity (Wildman–Crippen MR) is 66.4 cm³/mol. The van der Waals surface area contributed by atoms with Gasteiger partial charge < -0.3 is 10.3 Å². The lowest BCUT2D eigenvalue weighted by Gasteiger charge is -2.15. The van der Waals surface area contributed by atoms with Crippen molar-refractivity contribution in [2.75, 3.05) is 0 Å². The van der Waals surface area contributed by atoms with E-state index in [1.54, 1.807) is 0 Å². The molecule has 2 N–H and O–H groups in total. The molecule has 1 aromatic rings. The van der Waals surface area contributed by atoms with Gasteiger partial charge in [0.25, 0.3) is 0 Å². The molecule has 0 aromatic carbocycles. The molecule has 1 saturated carbocycles. The second-order valence-corrected chi connectivity index (χ2v) is 5.72. The minimum atomic E-state index is 0.127. The first-order valence-electron chi connectivity index (χ1n) is 4.96. The Morgan fingerprint density at radius 2 is 2.40 bits per heavy atom. The van der Waals surface area contributed by atoms with Crippen molar-refractivity contribution in [3.63, 3.8) is 0 Å². The van der Waals surface area contributed by atoms with Crippen molar-refractivity contribution in [1.82, 2.24) is 4.57 Å². The van der Waals surface area contributed by atoms with Gasteiger partial charge in [0.15, 0.2) is 0 Å². The number of hydrogen-bond donors (Lipinski definition) is 1. The number of hydrogen-bond acceptors (Lipinski definition) is 3. The molecule has 2 rings (SSSR count). The van der Waals surface area contributed by atoms with Crippen LogP contribution in [0, 0.1) is 12.3 Å². The Hall–Kier alpha value is -0.680. The van der Waals surface area contributed by atoms with E-state index in [-0.39, 0.29) is 10.3 Å². The summed E-state index contributed by atoms with van der Waals surface area (Å²) in [5.41, 5.74) is 6.79. The van der Waals surface area contributed by atoms with Crippen LogP contribution in [0.1, 0.15) is 25.0 Å². The predicted octanol–water partition coefficient (Wildman–Crippen LogP) is 1.67. The Morgan fingerprint density at radius 3 is 2.80 bits per heavy atom. The fraction of sp³-hybridized carbons (Fsp3) is 0.600. The van der Waals surface area contributed by atoms with E-state index in [2.05, 4.69) is 0 Å². The molecule has 5 heteroatoms. The van der Waals surface area contributed by atoms with Gasteiger partial charge in [-0.1, -0.05) is 23.6 Å². The van der Waals surface area contributed by atoms with Crippen LogP contribution in [0.4, 0.5) is 0 Å². The SMILES string of the molecule is Cc1csc(=O)n1CC1(CC(N)=S)CC1. The second-order valence-electron chi connectivity index (χ2n) is 4.37. The molecule has 0 amide bonds. The van der Waals surface area contributed by atoms with Gasteiger partial charge in [-0.05, 0) is 25.2 Å². The van der Waals surface area contributed by atoms with Crippen LogP contribution in [-0.4, -0.2) is 9.56 Å². The molecule has 1 fully saturated rings. The number of thiazole rings is 1. The molecular weight excluding hydrogens is 228 g/mol. The lowest BCUT2D eigenvalue weighted by molar-refractivity contribution is 0.429. The van der Waals surface area contributed by atoms with Gasteiger partial charge in [-0.25, -0.2) is 0 Å². The minimum Gasteiger partial charge on any atom is -0.393 e. The van der Waals surface area contributed by atoms with E-state index in [0.29, 0.717) is 4.99 Å². The largest absolute Gasteiger partial charge is 0.393 e. The molecule has 0 spiro atoms. The maximum atomic E-state index is 11.5. The topological polar surface area (TPSA) is 48.0 Å². The Labute approximate surface area is 97.9 Å². The van der Waals surface area contributed by atoms with Crippen LogP contribution in [0.3, 0.4) is 0 Å². The quantitative estimate of drug-likeness (QED) is 0.817. The molecule has 0 bridgehead atoms. The summed E-state index contributed by atoms with van der Waals surface area (Å²) in [5.74, 6) is 0. The van der Waals surface area contributed by atoms with Crippen molar-refractivity contribution >= 4 is 28.5 Å². The van der Waals surface area contributed by atoms with Crippen molar-refractivity contribution in [2.24, 2.45) is 11.1 Å². The average molecular weight is 242 g/mol. The van der Waals surface area contributed by atoms with Crippen molar-refractivity contribution in [3.8, 4) is 0 Å². The smallest absolute Gasteiger partial charge is 0.307 e. The molecule has 0 aliphatic heterocycles. The summed E-state index contributed by atoms with van der Waals surface area (Å²) in [7, 11) is 0. The fourth-order valence-corrected chi connectivity index (χ4v) is 2.91. The monoisotopic (exact) mass is 242 g/mol. The maximum Gasteiger partial charge on any atom is 0.307 e. The van der Waals surface area contributed by atoms with Crippen LogP contribution < -0.4 is 10.6 Å². The van der Waals surface area contributed by atoms with Gasteiger partial charge in [-0.2, -0.15) is 0 Å². The summed E-state index contributed by atoms with van der Waals surface area (Å²) >= 11 is 6.20. The first-order valence-corrected chi connectivity index (χ1v) is 6.24. The van der Waals surface area contributed by atoms with Crippen LogP contribution in [0.15, 0.2) is 10.2 Å². The summed E-state index contributed by atoms with van der Waals surface area (Å²) < 4.78 is 1.84. The lowest BCUT2D eigenvalue weighted by Crippen LogP contribution is -2.25. The Balaban J connectivity index is 2.15. The number of nitrogens with two attached hydrogens (primary N) is 1. The van der Waals surface area contributed by atoms with Gasteiger partial charge in [-0.15, -0.1) is 0 Å². The van der Waals surface area contributed by atoms with Crippen LogP contribution >= 0.6 is 23.6 Å². The van der Waals surface area contributed by atoms with Crippen molar-refractivity contribution in [2.45, 2.75) is 32.7 Å². The zero-order valence-electron chi connectivity index (χ0n) is 8.66. The molecular formula is C10H14N2OS2. The van der Waals surface area contributed by atoms with E-state index in [1.165, 1.54) is 11.3 Å². The zero-order valence-corrected chi connectivity index (χ0v) is 10.3. The van der Waals surface area contributed by atoms with Gasteiger partial charge in [0.2, 0.25) is 0 Å². The highest BCUT2D eigenvalue weighted by atomic mass is 32.1. The normalized spacial score (nSPS) is 17.7. The molecule has 0 saturated heterocycles. The number of rotatable bonds is 4. The highest BCUT2D eigenvalue weighted by Crippen LogP contribution is 2.50. The minimum absolute atomic E-state index is 0.127. The summed E-state index contributed by atoms with van der Waals surface area (Å²) in [5, 5.41) is 1.90. The first-order chi connectivity index (χ1) is 7.02. The molecule has 3 nitrogen and oxygen atoms in total. The standard InChI is InChI=1S/C10H14N2OS2/c1-7-5-15-9(13)12(7)6-10(2-3-10)4-8(11)14/h5H,2-4,6H2,1H3,(H2,11,14). The van der Waals surface area contributed by atoms with Gasteiger partial charge in [0.05, 0.1) is 4.99 Å². The van der Waals surface area contributed by atoms with Crippen molar-refractivity contribution in [1.29, 1.82) is 0 Å². The maximum absolute atomic E-state index is 11.5. The van der Waals surface area contributed by atoms with Crippen molar-refractivity contribution < 1.29 is 0 Å². The highest BCUT2D eigenvalue weighted by molar-refractivity contribution is 7.80. The fourth-order valence-electron chi connectivity index (χ4n) is 1.87. The zero-order chi connectivity index (χ0) is 11.1. The summed E-state index contributed by atoms with van der Waals surface area (Å²) in [6.07, 6.45) is 3.03. The van der Waals surface area contributed by atoms with E-state index in [9.17, 15) is 4.79 Å². The van der Waals surface area contributed by atoms with Gasteiger partial charge in [-0.3, -0.25) is 4.79 Å². The molecule has 1 aliphatic carbocycles. The molecule has 1 aliphatic rings. The third kappa shape index (κ3) is 2.29. The Morgan fingerprint density at radius 1 is 1.73 bits per heavy atom. The van der Waals surface area contributed by atoms with Crippen LogP contribution in [0.5, 0.6) is 0 Å². The molecule has 15 heavy (non-hydrogen) atoms. The summed E-state index contributed by atoms with van der Waals surface area (Å²) in [4.78, 5) is 12.2. The summed E-state index contributed by atoms with van der Waals surface area (Å²) in [6.45, 7) is 2.74. The molecule has 0 atom stereocenters. The number of thiocarbonyl (C=S) groups is 1. The highest BCUT2D eigenvalue weighted by Gasteiger charge is 2.43. The molecule has 0 unspecified atom stereocenters. The lowest BCUT2D eigenvalue weighted by atomic mass is 10.0. The molecule has 0 radical (unpaired) electrons. The van der Waals surface area contributed by atoms with Gasteiger partial charge in [0, 0.05) is 24.0 Å².